The highest BCUT2D eigenvalue weighted by atomic mass is 32.2. The lowest BCUT2D eigenvalue weighted by atomic mass is 9.95. The largest absolute Gasteiger partial charge is 0.493 e. The molecule has 0 saturated heterocycles. The first kappa shape index (κ1) is 29.3. The number of carbonyl (C=O) groups is 2. The molecule has 0 heterocycles. The molecular formula is C28H39N3O6S. The minimum absolute atomic E-state index is 0.0911. The number of methoxy groups -OCH3 is 2. The quantitative estimate of drug-likeness (QED) is 0.462. The van der Waals surface area contributed by atoms with Crippen LogP contribution in [0.1, 0.15) is 50.2 Å². The molecule has 0 bridgehead atoms. The molecular weight excluding hydrogens is 506 g/mol. The Balaban J connectivity index is 1.91. The first-order valence-corrected chi connectivity index (χ1v) is 14.7. The van der Waals surface area contributed by atoms with Gasteiger partial charge in [-0.1, -0.05) is 43.5 Å². The Labute approximate surface area is 226 Å². The second-order valence-electron chi connectivity index (χ2n) is 9.78. The third-order valence-corrected chi connectivity index (χ3v) is 8.20. The summed E-state index contributed by atoms with van der Waals surface area (Å²) in [6, 6.07) is 11.6. The summed E-state index contributed by atoms with van der Waals surface area (Å²) in [7, 11) is -0.915. The lowest BCUT2D eigenvalue weighted by Crippen LogP contribution is -2.53. The molecule has 0 spiro atoms. The molecule has 0 radical (unpaired) electrons. The Morgan fingerprint density at radius 3 is 2.29 bits per heavy atom. The van der Waals surface area contributed by atoms with Crippen LogP contribution in [0.15, 0.2) is 42.5 Å². The van der Waals surface area contributed by atoms with Gasteiger partial charge in [0.2, 0.25) is 21.8 Å². The molecule has 1 atom stereocenters. The summed E-state index contributed by atoms with van der Waals surface area (Å²) in [6.45, 7) is 3.34. The zero-order valence-corrected chi connectivity index (χ0v) is 23.7. The molecule has 1 N–H and O–H groups in total. The van der Waals surface area contributed by atoms with E-state index in [1.807, 2.05) is 31.2 Å². The van der Waals surface area contributed by atoms with E-state index in [4.69, 9.17) is 9.47 Å². The summed E-state index contributed by atoms with van der Waals surface area (Å²) in [6.07, 6.45) is 6.19. The number of nitrogens with one attached hydrogen (secondary N) is 1. The van der Waals surface area contributed by atoms with E-state index in [0.717, 1.165) is 53.8 Å². The van der Waals surface area contributed by atoms with Crippen LogP contribution in [0.2, 0.25) is 0 Å². The highest BCUT2D eigenvalue weighted by molar-refractivity contribution is 7.92. The molecule has 1 aliphatic rings. The van der Waals surface area contributed by atoms with Gasteiger partial charge in [-0.05, 0) is 49.9 Å². The summed E-state index contributed by atoms with van der Waals surface area (Å²) < 4.78 is 37.3. The number of aryl methyl sites for hydroxylation is 1. The summed E-state index contributed by atoms with van der Waals surface area (Å²) in [5, 5.41) is 3.10. The summed E-state index contributed by atoms with van der Waals surface area (Å²) in [5.41, 5.74) is 2.12. The number of ether oxygens (including phenoxy) is 2. The van der Waals surface area contributed by atoms with E-state index < -0.39 is 28.5 Å². The molecule has 1 fully saturated rings. The fourth-order valence-electron chi connectivity index (χ4n) is 4.72. The summed E-state index contributed by atoms with van der Waals surface area (Å²) in [4.78, 5) is 28.5. The van der Waals surface area contributed by atoms with E-state index in [-0.39, 0.29) is 24.2 Å². The van der Waals surface area contributed by atoms with Gasteiger partial charge in [0.25, 0.3) is 0 Å². The maximum absolute atomic E-state index is 13.8. The highest BCUT2D eigenvalue weighted by Gasteiger charge is 2.31. The van der Waals surface area contributed by atoms with Gasteiger partial charge in [-0.3, -0.25) is 13.9 Å². The van der Waals surface area contributed by atoms with Crippen LogP contribution in [-0.2, 0) is 26.2 Å². The van der Waals surface area contributed by atoms with Gasteiger partial charge in [0.15, 0.2) is 11.5 Å². The van der Waals surface area contributed by atoms with E-state index >= 15 is 0 Å². The zero-order chi connectivity index (χ0) is 27.9. The molecule has 2 amide bonds. The molecule has 2 aromatic carbocycles. The molecule has 3 rings (SSSR count). The van der Waals surface area contributed by atoms with Crippen LogP contribution in [0.25, 0.3) is 0 Å². The molecule has 1 aliphatic carbocycles. The standard InChI is InChI=1S/C28H39N3O6S/c1-20-11-9-10-12-22(20)18-30(21(2)28(33)29-23-13-7-6-8-14-23)27(32)19-31(38(5,34)35)24-15-16-25(36-3)26(17-24)37-4/h9-12,15-17,21,23H,6-8,13-14,18-19H2,1-5H3,(H,29,33)/t21-/m1/s1. The number of rotatable bonds is 11. The van der Waals surface area contributed by atoms with Crippen LogP contribution in [0.4, 0.5) is 5.69 Å². The number of carbonyl (C=O) groups excluding carboxylic acids is 2. The maximum Gasteiger partial charge on any atom is 0.244 e. The average molecular weight is 546 g/mol. The van der Waals surface area contributed by atoms with Crippen molar-refractivity contribution in [2.24, 2.45) is 0 Å². The number of nitrogens with zero attached hydrogens (tertiary/aromatic N) is 2. The second-order valence-corrected chi connectivity index (χ2v) is 11.7. The van der Waals surface area contributed by atoms with Crippen LogP contribution in [0.5, 0.6) is 11.5 Å². The SMILES string of the molecule is COc1ccc(N(CC(=O)N(Cc2ccccc2C)[C@H](C)C(=O)NC2CCCCC2)S(C)(=O)=O)cc1OC. The molecule has 38 heavy (non-hydrogen) atoms. The Bertz CT molecular complexity index is 1230. The lowest BCUT2D eigenvalue weighted by Gasteiger charge is -2.33. The minimum Gasteiger partial charge on any atom is -0.493 e. The summed E-state index contributed by atoms with van der Waals surface area (Å²) in [5.74, 6) is 0.0453. The first-order chi connectivity index (χ1) is 18.0. The third-order valence-electron chi connectivity index (χ3n) is 7.06. The first-order valence-electron chi connectivity index (χ1n) is 12.9. The van der Waals surface area contributed by atoms with Crippen LogP contribution in [0, 0.1) is 6.92 Å². The molecule has 0 aromatic heterocycles. The van der Waals surface area contributed by atoms with E-state index in [1.165, 1.54) is 25.2 Å². The number of amides is 2. The molecule has 208 valence electrons. The van der Waals surface area contributed by atoms with Crippen molar-refractivity contribution >= 4 is 27.5 Å². The van der Waals surface area contributed by atoms with Gasteiger partial charge in [0, 0.05) is 18.7 Å². The topological polar surface area (TPSA) is 105 Å². The van der Waals surface area contributed by atoms with Crippen LogP contribution >= 0.6 is 0 Å². The van der Waals surface area contributed by atoms with Crippen molar-refractivity contribution in [3.8, 4) is 11.5 Å². The smallest absolute Gasteiger partial charge is 0.244 e. The van der Waals surface area contributed by atoms with Crippen molar-refractivity contribution in [3.63, 3.8) is 0 Å². The van der Waals surface area contributed by atoms with E-state index in [9.17, 15) is 18.0 Å². The number of sulfonamides is 1. The second kappa shape index (κ2) is 13.0. The number of anilines is 1. The molecule has 0 aliphatic heterocycles. The lowest BCUT2D eigenvalue weighted by molar-refractivity contribution is -0.139. The van der Waals surface area contributed by atoms with Gasteiger partial charge in [-0.25, -0.2) is 8.42 Å². The molecule has 1 saturated carbocycles. The Kier molecular flexibility index (Phi) is 10.0. The molecule has 0 unspecified atom stereocenters. The fourth-order valence-corrected chi connectivity index (χ4v) is 5.56. The van der Waals surface area contributed by atoms with Crippen molar-refractivity contribution in [2.45, 2.75) is 64.6 Å². The van der Waals surface area contributed by atoms with Gasteiger partial charge >= 0.3 is 0 Å². The summed E-state index contributed by atoms with van der Waals surface area (Å²) >= 11 is 0. The predicted octanol–water partition coefficient (Wildman–Crippen LogP) is 3.64. The minimum atomic E-state index is -3.85. The van der Waals surface area contributed by atoms with Crippen molar-refractivity contribution < 1.29 is 27.5 Å². The Morgan fingerprint density at radius 1 is 1.03 bits per heavy atom. The van der Waals surface area contributed by atoms with E-state index in [1.54, 1.807) is 19.1 Å². The van der Waals surface area contributed by atoms with Gasteiger partial charge in [-0.15, -0.1) is 0 Å². The van der Waals surface area contributed by atoms with E-state index in [2.05, 4.69) is 5.32 Å². The normalized spacial score (nSPS) is 14.9. The Morgan fingerprint density at radius 2 is 1.68 bits per heavy atom. The Hall–Kier alpha value is -3.27. The third kappa shape index (κ3) is 7.40. The fraction of sp³-hybridized carbons (Fsp3) is 0.500. The van der Waals surface area contributed by atoms with Crippen molar-refractivity contribution in [2.75, 3.05) is 31.3 Å². The van der Waals surface area contributed by atoms with Gasteiger partial charge < -0.3 is 19.7 Å². The monoisotopic (exact) mass is 545 g/mol. The highest BCUT2D eigenvalue weighted by Crippen LogP contribution is 2.32. The van der Waals surface area contributed by atoms with Crippen LogP contribution in [0.3, 0.4) is 0 Å². The molecule has 2 aromatic rings. The van der Waals surface area contributed by atoms with E-state index in [0.29, 0.717) is 11.5 Å². The van der Waals surface area contributed by atoms with Gasteiger partial charge in [0.05, 0.1) is 26.2 Å². The maximum atomic E-state index is 13.8. The predicted molar refractivity (Wildman–Crippen MR) is 148 cm³/mol. The number of hydrogen-bond donors (Lipinski definition) is 1. The van der Waals surface area contributed by atoms with Crippen molar-refractivity contribution in [1.29, 1.82) is 0 Å². The number of hydrogen-bond acceptors (Lipinski definition) is 6. The average Bonchev–Trinajstić information content (AvgIpc) is 2.90. The van der Waals surface area contributed by atoms with Crippen LogP contribution in [-0.4, -0.2) is 64.2 Å². The molecule has 10 heteroatoms. The van der Waals surface area contributed by atoms with Crippen molar-refractivity contribution in [3.05, 3.63) is 53.6 Å². The van der Waals surface area contributed by atoms with Crippen molar-refractivity contribution in [1.82, 2.24) is 10.2 Å². The molecule has 9 nitrogen and oxygen atoms in total. The van der Waals surface area contributed by atoms with Gasteiger partial charge in [-0.2, -0.15) is 0 Å². The van der Waals surface area contributed by atoms with Gasteiger partial charge in [0.1, 0.15) is 12.6 Å². The van der Waals surface area contributed by atoms with Crippen LogP contribution < -0.4 is 19.1 Å². The zero-order valence-electron chi connectivity index (χ0n) is 22.9. The number of benzene rings is 2.